The number of nitrogens with one attached hydrogen (secondary N) is 2. The van der Waals surface area contributed by atoms with Crippen molar-refractivity contribution in [3.63, 3.8) is 0 Å². The lowest BCUT2D eigenvalue weighted by Gasteiger charge is -2.16. The minimum Gasteiger partial charge on any atom is -0.478 e. The number of hydrogen-bond acceptors (Lipinski definition) is 7. The Morgan fingerprint density at radius 1 is 1.06 bits per heavy atom. The summed E-state index contributed by atoms with van der Waals surface area (Å²) in [5.41, 5.74) is 4.21. The summed E-state index contributed by atoms with van der Waals surface area (Å²) >= 11 is 0. The van der Waals surface area contributed by atoms with Crippen molar-refractivity contribution in [2.45, 2.75) is 19.8 Å². The number of pyridine rings is 2. The molecule has 0 radical (unpaired) electrons. The van der Waals surface area contributed by atoms with Crippen molar-refractivity contribution in [1.82, 2.24) is 25.3 Å². The highest BCUT2D eigenvalue weighted by molar-refractivity contribution is 7.59. The molecule has 1 atom stereocenters. The average Bonchev–Trinajstić information content (AvgIpc) is 2.86. The van der Waals surface area contributed by atoms with Crippen molar-refractivity contribution in [1.29, 1.82) is 0 Å². The molecule has 4 rings (SSSR count). The molecule has 0 saturated carbocycles. The van der Waals surface area contributed by atoms with Crippen molar-refractivity contribution in [3.8, 4) is 17.1 Å². The highest BCUT2D eigenvalue weighted by Crippen LogP contribution is 2.27. The van der Waals surface area contributed by atoms with Crippen LogP contribution in [0.25, 0.3) is 22.2 Å². The van der Waals surface area contributed by atoms with Gasteiger partial charge in [0.1, 0.15) is 12.1 Å². The number of nitrogens with zero attached hydrogens (tertiary/aromatic N) is 4. The summed E-state index contributed by atoms with van der Waals surface area (Å²) in [6, 6.07) is 13.3. The Bertz CT molecular complexity index is 1280. The Balaban J connectivity index is 0.00000324. The van der Waals surface area contributed by atoms with Gasteiger partial charge in [-0.1, -0.05) is 25.1 Å². The number of aromatic nitrogens is 4. The van der Waals surface area contributed by atoms with Crippen LogP contribution in [0.3, 0.4) is 0 Å². The fourth-order valence-electron chi connectivity index (χ4n) is 3.70. The zero-order valence-electron chi connectivity index (χ0n) is 19.4. The Hall–Kier alpha value is -3.72. The molecule has 1 aromatic carbocycles. The van der Waals surface area contributed by atoms with E-state index in [4.69, 9.17) is 4.74 Å². The van der Waals surface area contributed by atoms with Gasteiger partial charge in [0, 0.05) is 55.0 Å². The molecule has 3 heterocycles. The lowest BCUT2D eigenvalue weighted by Crippen LogP contribution is -2.18. The molecule has 1 amide bonds. The second kappa shape index (κ2) is 11.4. The third kappa shape index (κ3) is 5.43. The number of rotatable bonds is 8. The smallest absolute Gasteiger partial charge is 0.251 e. The number of ether oxygens (including phenoxy) is 1. The van der Waals surface area contributed by atoms with Crippen molar-refractivity contribution >= 4 is 36.1 Å². The standard InChI is InChI=1S/C25H26N6O2.H2S/c1-4-33-23-12-17(8-10-27-23)21-13-22(31-15-30-21)29-14-16(2)18-6-5-7-19-20(25(32)26-3)9-11-28-24(18)19;/h5-13,15-16H,4,14H2,1-3H3,(H,26,32)(H,29,30,31);1H2/t16-;/m1./s1. The van der Waals surface area contributed by atoms with Gasteiger partial charge in [-0.05, 0) is 24.6 Å². The molecule has 0 fully saturated rings. The fraction of sp³-hybridized carbons (Fsp3) is 0.240. The zero-order chi connectivity index (χ0) is 23.2. The molecule has 0 aliphatic carbocycles. The summed E-state index contributed by atoms with van der Waals surface area (Å²) < 4.78 is 5.49. The number of hydrogen-bond donors (Lipinski definition) is 2. The maximum atomic E-state index is 12.2. The van der Waals surface area contributed by atoms with Gasteiger partial charge in [-0.3, -0.25) is 9.78 Å². The van der Waals surface area contributed by atoms with Crippen LogP contribution in [0.5, 0.6) is 5.88 Å². The summed E-state index contributed by atoms with van der Waals surface area (Å²) in [5.74, 6) is 1.30. The second-order valence-corrected chi connectivity index (χ2v) is 7.57. The molecule has 34 heavy (non-hydrogen) atoms. The van der Waals surface area contributed by atoms with E-state index < -0.39 is 0 Å². The minimum atomic E-state index is -0.123. The summed E-state index contributed by atoms with van der Waals surface area (Å²) in [7, 11) is 1.63. The topological polar surface area (TPSA) is 102 Å². The molecule has 0 saturated heterocycles. The number of amides is 1. The van der Waals surface area contributed by atoms with E-state index in [1.54, 1.807) is 25.5 Å². The van der Waals surface area contributed by atoms with E-state index >= 15 is 0 Å². The molecular weight excluding hydrogens is 448 g/mol. The minimum absolute atomic E-state index is 0. The van der Waals surface area contributed by atoms with Crippen LogP contribution in [0.15, 0.2) is 61.2 Å². The first kappa shape index (κ1) is 24.9. The monoisotopic (exact) mass is 476 g/mol. The predicted molar refractivity (Wildman–Crippen MR) is 139 cm³/mol. The molecular formula is C25H28N6O2S. The Morgan fingerprint density at radius 2 is 1.88 bits per heavy atom. The van der Waals surface area contributed by atoms with E-state index in [1.807, 2.05) is 43.3 Å². The van der Waals surface area contributed by atoms with Crippen LogP contribution in [0.1, 0.15) is 35.7 Å². The van der Waals surface area contributed by atoms with Crippen LogP contribution in [0.2, 0.25) is 0 Å². The number of carbonyl (C=O) groups excluding carboxylic acids is 1. The van der Waals surface area contributed by atoms with Gasteiger partial charge in [0.25, 0.3) is 5.91 Å². The van der Waals surface area contributed by atoms with E-state index in [2.05, 4.69) is 37.5 Å². The van der Waals surface area contributed by atoms with E-state index in [-0.39, 0.29) is 25.3 Å². The maximum Gasteiger partial charge on any atom is 0.251 e. The molecule has 2 N–H and O–H groups in total. The van der Waals surface area contributed by atoms with Gasteiger partial charge in [0.05, 0.1) is 23.4 Å². The largest absolute Gasteiger partial charge is 0.478 e. The van der Waals surface area contributed by atoms with Crippen molar-refractivity contribution in [2.75, 3.05) is 25.5 Å². The van der Waals surface area contributed by atoms with Crippen LogP contribution in [-0.4, -0.2) is 46.0 Å². The van der Waals surface area contributed by atoms with E-state index in [0.29, 0.717) is 24.6 Å². The van der Waals surface area contributed by atoms with Crippen LogP contribution >= 0.6 is 13.5 Å². The lowest BCUT2D eigenvalue weighted by atomic mass is 9.96. The Morgan fingerprint density at radius 3 is 2.68 bits per heavy atom. The Kier molecular flexibility index (Phi) is 8.37. The zero-order valence-corrected chi connectivity index (χ0v) is 20.4. The third-order valence-electron chi connectivity index (χ3n) is 5.38. The second-order valence-electron chi connectivity index (χ2n) is 7.57. The maximum absolute atomic E-state index is 12.2. The van der Waals surface area contributed by atoms with Crippen LogP contribution in [-0.2, 0) is 0 Å². The van der Waals surface area contributed by atoms with Crippen LogP contribution < -0.4 is 15.4 Å². The molecule has 0 spiro atoms. The fourth-order valence-corrected chi connectivity index (χ4v) is 3.70. The number of anilines is 1. The lowest BCUT2D eigenvalue weighted by molar-refractivity contribution is 0.0964. The summed E-state index contributed by atoms with van der Waals surface area (Å²) in [6.07, 6.45) is 4.93. The van der Waals surface area contributed by atoms with Crippen molar-refractivity contribution in [2.24, 2.45) is 0 Å². The third-order valence-corrected chi connectivity index (χ3v) is 5.38. The molecule has 0 aliphatic rings. The first-order valence-corrected chi connectivity index (χ1v) is 10.9. The summed E-state index contributed by atoms with van der Waals surface area (Å²) in [5, 5.41) is 6.93. The molecule has 9 heteroatoms. The molecule has 0 aliphatic heterocycles. The number of carbonyl (C=O) groups is 1. The molecule has 0 unspecified atom stereocenters. The normalized spacial score (nSPS) is 11.4. The number of fused-ring (bicyclic) bond motifs is 1. The molecule has 3 aromatic heterocycles. The molecule has 8 nitrogen and oxygen atoms in total. The van der Waals surface area contributed by atoms with E-state index in [1.165, 1.54) is 6.33 Å². The predicted octanol–water partition coefficient (Wildman–Crippen LogP) is 4.17. The number of benzene rings is 1. The Labute approximate surface area is 205 Å². The van der Waals surface area contributed by atoms with Crippen LogP contribution in [0, 0.1) is 0 Å². The van der Waals surface area contributed by atoms with Gasteiger partial charge in [0.15, 0.2) is 0 Å². The van der Waals surface area contributed by atoms with Gasteiger partial charge in [-0.15, -0.1) is 0 Å². The van der Waals surface area contributed by atoms with Gasteiger partial charge >= 0.3 is 0 Å². The summed E-state index contributed by atoms with van der Waals surface area (Å²) in [6.45, 7) is 5.24. The van der Waals surface area contributed by atoms with Crippen LogP contribution in [0.4, 0.5) is 5.82 Å². The molecule has 4 aromatic rings. The highest BCUT2D eigenvalue weighted by Gasteiger charge is 2.15. The first-order chi connectivity index (χ1) is 16.1. The molecule has 176 valence electrons. The average molecular weight is 477 g/mol. The van der Waals surface area contributed by atoms with Crippen molar-refractivity contribution in [3.05, 3.63) is 72.3 Å². The SMILES string of the molecule is CCOc1cc(-c2cc(NC[C@@H](C)c3cccc4c(C(=O)NC)ccnc34)ncn2)ccn1.S. The van der Waals surface area contributed by atoms with E-state index in [9.17, 15) is 4.79 Å². The van der Waals surface area contributed by atoms with Gasteiger partial charge < -0.3 is 15.4 Å². The van der Waals surface area contributed by atoms with Crippen molar-refractivity contribution < 1.29 is 9.53 Å². The van der Waals surface area contributed by atoms with E-state index in [0.717, 1.165) is 33.5 Å². The summed E-state index contributed by atoms with van der Waals surface area (Å²) in [4.78, 5) is 29.8. The quantitative estimate of drug-likeness (QED) is 0.393. The van der Waals surface area contributed by atoms with Gasteiger partial charge in [0.2, 0.25) is 5.88 Å². The molecule has 0 bridgehead atoms. The van der Waals surface area contributed by atoms with Gasteiger partial charge in [-0.25, -0.2) is 15.0 Å². The first-order valence-electron chi connectivity index (χ1n) is 10.9. The van der Waals surface area contributed by atoms with Gasteiger partial charge in [-0.2, -0.15) is 13.5 Å². The highest BCUT2D eigenvalue weighted by atomic mass is 32.1. The number of para-hydroxylation sites is 1.